The number of benzene rings is 3. The van der Waals surface area contributed by atoms with E-state index in [1.807, 2.05) is 6.92 Å². The van der Waals surface area contributed by atoms with Gasteiger partial charge in [-0.2, -0.15) is 13.2 Å². The molecule has 0 atom stereocenters. The fourth-order valence-corrected chi connectivity index (χ4v) is 5.29. The molecule has 1 amide bonds. The van der Waals surface area contributed by atoms with Gasteiger partial charge >= 0.3 is 6.18 Å². The van der Waals surface area contributed by atoms with Crippen LogP contribution in [0.2, 0.25) is 0 Å². The summed E-state index contributed by atoms with van der Waals surface area (Å²) in [6.45, 7) is 9.79. The van der Waals surface area contributed by atoms with E-state index < -0.39 is 32.4 Å². The van der Waals surface area contributed by atoms with Crippen molar-refractivity contribution in [2.75, 3.05) is 37.7 Å². The summed E-state index contributed by atoms with van der Waals surface area (Å²) >= 11 is 0. The van der Waals surface area contributed by atoms with Gasteiger partial charge in [0, 0.05) is 44.0 Å². The Kier molecular flexibility index (Phi) is 9.22. The van der Waals surface area contributed by atoms with Gasteiger partial charge in [-0.15, -0.1) is 0 Å². The van der Waals surface area contributed by atoms with Crippen LogP contribution >= 0.6 is 0 Å². The first-order valence-corrected chi connectivity index (χ1v) is 15.2. The number of anilines is 1. The average Bonchev–Trinajstić information content (AvgIpc) is 2.92. The molecule has 1 N–H and O–H groups in total. The van der Waals surface area contributed by atoms with E-state index in [-0.39, 0.29) is 5.56 Å². The van der Waals surface area contributed by atoms with Crippen molar-refractivity contribution in [1.82, 2.24) is 9.62 Å². The van der Waals surface area contributed by atoms with Gasteiger partial charge in [0.25, 0.3) is 5.91 Å². The Labute approximate surface area is 245 Å². The first kappa shape index (κ1) is 31.4. The summed E-state index contributed by atoms with van der Waals surface area (Å²) in [6.07, 6.45) is -4.47. The third kappa shape index (κ3) is 7.63. The summed E-state index contributed by atoms with van der Waals surface area (Å²) < 4.78 is 72.5. The molecule has 3 aromatic rings. The number of nitrogens with one attached hydrogen (secondary N) is 1. The standard InChI is InChI=1S/C31H36F3N3O4S/c1-5-41-28-8-6-7-24(20-28)25-17-22(18-26(19-25)31(32,33)34)21-36-13-15-37(16-14-36)27-11-9-23(10-12-27)29(38)35-42(39,40)30(2,3)4/h6-12,17-20H,5,13-16,21H2,1-4H3,(H,35,38). The van der Waals surface area contributed by atoms with E-state index in [9.17, 15) is 26.4 Å². The van der Waals surface area contributed by atoms with Crippen molar-refractivity contribution < 1.29 is 31.1 Å². The van der Waals surface area contributed by atoms with E-state index in [1.54, 1.807) is 54.6 Å². The van der Waals surface area contributed by atoms with Crippen LogP contribution in [0.15, 0.2) is 66.7 Å². The maximum Gasteiger partial charge on any atom is 0.416 e. The first-order valence-electron chi connectivity index (χ1n) is 13.7. The van der Waals surface area contributed by atoms with Crippen molar-refractivity contribution in [3.63, 3.8) is 0 Å². The lowest BCUT2D eigenvalue weighted by molar-refractivity contribution is -0.137. The number of amides is 1. The zero-order valence-electron chi connectivity index (χ0n) is 24.2. The fourth-order valence-electron chi connectivity index (χ4n) is 4.63. The molecule has 0 unspecified atom stereocenters. The Morgan fingerprint density at radius 3 is 2.17 bits per heavy atom. The van der Waals surface area contributed by atoms with E-state index in [1.165, 1.54) is 32.9 Å². The summed E-state index contributed by atoms with van der Waals surface area (Å²) in [4.78, 5) is 16.7. The number of alkyl halides is 3. The molecule has 3 aromatic carbocycles. The number of halogens is 3. The highest BCUT2D eigenvalue weighted by Gasteiger charge is 2.32. The number of piperazine rings is 1. The molecular formula is C31H36F3N3O4S. The molecule has 1 aliphatic rings. The zero-order chi connectivity index (χ0) is 30.7. The molecule has 226 valence electrons. The number of hydrogen-bond donors (Lipinski definition) is 1. The minimum absolute atomic E-state index is 0.234. The second-order valence-electron chi connectivity index (χ2n) is 11.2. The second kappa shape index (κ2) is 12.3. The summed E-state index contributed by atoms with van der Waals surface area (Å²) in [7, 11) is -3.83. The molecular weight excluding hydrogens is 567 g/mol. The highest BCUT2D eigenvalue weighted by atomic mass is 32.2. The van der Waals surface area contributed by atoms with Crippen LogP contribution in [-0.2, 0) is 22.7 Å². The van der Waals surface area contributed by atoms with Gasteiger partial charge in [0.15, 0.2) is 0 Å². The Hall–Kier alpha value is -3.57. The summed E-state index contributed by atoms with van der Waals surface area (Å²) in [5.74, 6) is -0.0833. The lowest BCUT2D eigenvalue weighted by atomic mass is 9.98. The quantitative estimate of drug-likeness (QED) is 0.343. The van der Waals surface area contributed by atoms with Gasteiger partial charge in [-0.05, 0) is 99.0 Å². The maximum absolute atomic E-state index is 13.8. The number of ether oxygens (including phenoxy) is 1. The van der Waals surface area contributed by atoms with Crippen LogP contribution in [0.25, 0.3) is 11.1 Å². The predicted molar refractivity (Wildman–Crippen MR) is 158 cm³/mol. The minimum atomic E-state index is -4.47. The van der Waals surface area contributed by atoms with Crippen LogP contribution in [0, 0.1) is 0 Å². The van der Waals surface area contributed by atoms with Gasteiger partial charge in [0.1, 0.15) is 5.75 Å². The van der Waals surface area contributed by atoms with Crippen LogP contribution in [0.5, 0.6) is 5.75 Å². The van der Waals surface area contributed by atoms with E-state index in [0.29, 0.717) is 61.8 Å². The molecule has 0 bridgehead atoms. The predicted octanol–water partition coefficient (Wildman–Crippen LogP) is 5.95. The largest absolute Gasteiger partial charge is 0.494 e. The normalized spacial score (nSPS) is 15.0. The van der Waals surface area contributed by atoms with E-state index in [4.69, 9.17) is 4.74 Å². The molecule has 0 aromatic heterocycles. The molecule has 0 aliphatic carbocycles. The number of carbonyl (C=O) groups excluding carboxylic acids is 1. The fraction of sp³-hybridized carbons (Fsp3) is 0.387. The van der Waals surface area contributed by atoms with Crippen LogP contribution in [0.1, 0.15) is 49.2 Å². The molecule has 1 heterocycles. The molecule has 42 heavy (non-hydrogen) atoms. The SMILES string of the molecule is CCOc1cccc(-c2cc(CN3CCN(c4ccc(C(=O)NS(=O)(=O)C(C)(C)C)cc4)CC3)cc(C(F)(F)F)c2)c1. The summed E-state index contributed by atoms with van der Waals surface area (Å²) in [6, 6.07) is 18.0. The van der Waals surface area contributed by atoms with E-state index in [2.05, 4.69) is 14.5 Å². The lowest BCUT2D eigenvalue weighted by Gasteiger charge is -2.36. The van der Waals surface area contributed by atoms with Crippen molar-refractivity contribution in [2.45, 2.75) is 45.2 Å². The monoisotopic (exact) mass is 603 g/mol. The smallest absolute Gasteiger partial charge is 0.416 e. The summed E-state index contributed by atoms with van der Waals surface area (Å²) in [5.41, 5.74) is 2.15. The highest BCUT2D eigenvalue weighted by molar-refractivity contribution is 7.91. The van der Waals surface area contributed by atoms with Gasteiger partial charge in [0.05, 0.1) is 16.9 Å². The Morgan fingerprint density at radius 2 is 1.57 bits per heavy atom. The summed E-state index contributed by atoms with van der Waals surface area (Å²) in [5, 5.41) is 0. The number of sulfonamides is 1. The molecule has 1 fully saturated rings. The average molecular weight is 604 g/mol. The zero-order valence-corrected chi connectivity index (χ0v) is 25.0. The molecule has 1 saturated heterocycles. The molecule has 11 heteroatoms. The Balaban J connectivity index is 1.42. The molecule has 7 nitrogen and oxygen atoms in total. The van der Waals surface area contributed by atoms with Gasteiger partial charge in [-0.3, -0.25) is 9.69 Å². The van der Waals surface area contributed by atoms with Crippen LogP contribution in [0.4, 0.5) is 18.9 Å². The van der Waals surface area contributed by atoms with Crippen molar-refractivity contribution >= 4 is 21.6 Å². The lowest BCUT2D eigenvalue weighted by Crippen LogP contribution is -2.46. The molecule has 1 aliphatic heterocycles. The second-order valence-corrected chi connectivity index (χ2v) is 13.7. The van der Waals surface area contributed by atoms with Gasteiger partial charge in [-0.1, -0.05) is 12.1 Å². The van der Waals surface area contributed by atoms with E-state index >= 15 is 0 Å². The number of carbonyl (C=O) groups is 1. The third-order valence-electron chi connectivity index (χ3n) is 7.10. The van der Waals surface area contributed by atoms with Crippen LogP contribution < -0.4 is 14.4 Å². The molecule has 0 spiro atoms. The number of hydrogen-bond acceptors (Lipinski definition) is 6. The first-order chi connectivity index (χ1) is 19.7. The highest BCUT2D eigenvalue weighted by Crippen LogP contribution is 2.35. The Morgan fingerprint density at radius 1 is 0.905 bits per heavy atom. The van der Waals surface area contributed by atoms with Crippen molar-refractivity contribution in [1.29, 1.82) is 0 Å². The van der Waals surface area contributed by atoms with Crippen molar-refractivity contribution in [2.24, 2.45) is 0 Å². The number of nitrogens with zero attached hydrogens (tertiary/aromatic N) is 2. The van der Waals surface area contributed by atoms with Crippen molar-refractivity contribution in [3.05, 3.63) is 83.4 Å². The number of rotatable bonds is 8. The molecule has 0 saturated carbocycles. The Bertz CT molecular complexity index is 1510. The molecule has 0 radical (unpaired) electrons. The maximum atomic E-state index is 13.8. The molecule has 4 rings (SSSR count). The van der Waals surface area contributed by atoms with E-state index in [0.717, 1.165) is 5.69 Å². The van der Waals surface area contributed by atoms with Crippen molar-refractivity contribution in [3.8, 4) is 16.9 Å². The third-order valence-corrected chi connectivity index (χ3v) is 9.17. The van der Waals surface area contributed by atoms with Gasteiger partial charge < -0.3 is 9.64 Å². The van der Waals surface area contributed by atoms with Gasteiger partial charge in [-0.25, -0.2) is 13.1 Å². The van der Waals surface area contributed by atoms with Crippen LogP contribution in [0.3, 0.4) is 0 Å². The van der Waals surface area contributed by atoms with Gasteiger partial charge in [0.2, 0.25) is 10.0 Å². The van der Waals surface area contributed by atoms with Crippen LogP contribution in [-0.4, -0.2) is 56.8 Å². The topological polar surface area (TPSA) is 79.0 Å². The minimum Gasteiger partial charge on any atom is -0.494 e.